The number of hydrogen-bond donors (Lipinski definition) is 0. The van der Waals surface area contributed by atoms with Crippen LogP contribution in [0, 0.1) is 5.82 Å². The lowest BCUT2D eigenvalue weighted by Crippen LogP contribution is -1.94. The van der Waals surface area contributed by atoms with Gasteiger partial charge in [-0.25, -0.2) is 9.07 Å². The lowest BCUT2D eigenvalue weighted by molar-refractivity contribution is 0.628. The van der Waals surface area contributed by atoms with Gasteiger partial charge in [0.15, 0.2) is 0 Å². The van der Waals surface area contributed by atoms with Gasteiger partial charge in [-0.2, -0.15) is 5.10 Å². The quantitative estimate of drug-likeness (QED) is 0.648. The molecule has 3 aromatic rings. The molecule has 104 valence electrons. The minimum absolute atomic E-state index is 0.258. The van der Waals surface area contributed by atoms with Crippen LogP contribution in [0.5, 0.6) is 0 Å². The van der Waals surface area contributed by atoms with E-state index in [2.05, 4.69) is 27.6 Å². The summed E-state index contributed by atoms with van der Waals surface area (Å²) in [5.41, 5.74) is 3.51. The van der Waals surface area contributed by atoms with E-state index < -0.39 is 0 Å². The molecule has 2 aromatic carbocycles. The first-order valence-electron chi connectivity index (χ1n) is 6.41. The number of nitrogens with zero attached hydrogens (tertiary/aromatic N) is 2. The molecule has 0 amide bonds. The third-order valence-corrected chi connectivity index (χ3v) is 3.70. The van der Waals surface area contributed by atoms with E-state index in [9.17, 15) is 4.39 Å². The Bertz CT molecular complexity index is 774. The van der Waals surface area contributed by atoms with Crippen LogP contribution in [0.25, 0.3) is 23.0 Å². The topological polar surface area (TPSA) is 17.8 Å². The van der Waals surface area contributed by atoms with E-state index in [4.69, 9.17) is 0 Å². The van der Waals surface area contributed by atoms with Gasteiger partial charge in [-0.15, -0.1) is 0 Å². The van der Waals surface area contributed by atoms with E-state index in [1.165, 1.54) is 12.1 Å². The molecule has 0 spiro atoms. The molecule has 3 rings (SSSR count). The summed E-state index contributed by atoms with van der Waals surface area (Å²) in [5, 5.41) is 4.59. The Kier molecular flexibility index (Phi) is 3.71. The van der Waals surface area contributed by atoms with Crippen LogP contribution in [0.1, 0.15) is 5.56 Å². The second-order valence-electron chi connectivity index (χ2n) is 4.57. The van der Waals surface area contributed by atoms with Crippen LogP contribution >= 0.6 is 15.9 Å². The fourth-order valence-corrected chi connectivity index (χ4v) is 2.36. The van der Waals surface area contributed by atoms with Gasteiger partial charge >= 0.3 is 0 Å². The van der Waals surface area contributed by atoms with Crippen molar-refractivity contribution >= 4 is 22.0 Å². The van der Waals surface area contributed by atoms with Crippen molar-refractivity contribution in [3.63, 3.8) is 0 Å². The smallest absolute Gasteiger partial charge is 0.123 e. The van der Waals surface area contributed by atoms with Crippen LogP contribution in [0.4, 0.5) is 4.39 Å². The molecule has 0 N–H and O–H groups in total. The van der Waals surface area contributed by atoms with E-state index in [1.54, 1.807) is 22.9 Å². The molecule has 0 aliphatic carbocycles. The van der Waals surface area contributed by atoms with Crippen LogP contribution < -0.4 is 0 Å². The lowest BCUT2D eigenvalue weighted by Gasteiger charge is -2.01. The molecule has 0 radical (unpaired) electrons. The molecule has 0 saturated carbocycles. The molecule has 0 aliphatic rings. The average molecular weight is 343 g/mol. The van der Waals surface area contributed by atoms with Gasteiger partial charge in [0.1, 0.15) is 5.82 Å². The van der Waals surface area contributed by atoms with Crippen LogP contribution in [0.2, 0.25) is 0 Å². The highest BCUT2D eigenvalue weighted by molar-refractivity contribution is 9.10. The van der Waals surface area contributed by atoms with Crippen molar-refractivity contribution in [1.29, 1.82) is 0 Å². The van der Waals surface area contributed by atoms with Crippen LogP contribution in [0.3, 0.4) is 0 Å². The fraction of sp³-hybridized carbons (Fsp3) is 0. The highest BCUT2D eigenvalue weighted by atomic mass is 79.9. The molecule has 0 unspecified atom stereocenters. The Hall–Kier alpha value is -2.20. The third kappa shape index (κ3) is 2.81. The summed E-state index contributed by atoms with van der Waals surface area (Å²) in [4.78, 5) is 0. The van der Waals surface area contributed by atoms with E-state index in [-0.39, 0.29) is 5.82 Å². The molecule has 4 heteroatoms. The summed E-state index contributed by atoms with van der Waals surface area (Å²) in [5.74, 6) is -0.258. The first-order valence-corrected chi connectivity index (χ1v) is 7.20. The molecule has 0 atom stereocenters. The zero-order chi connectivity index (χ0) is 14.8. The second kappa shape index (κ2) is 5.66. The molecular weight excluding hydrogens is 331 g/mol. The first-order chi connectivity index (χ1) is 10.2. The number of hydrogen-bond acceptors (Lipinski definition) is 1. The van der Waals surface area contributed by atoms with Crippen molar-refractivity contribution in [3.05, 3.63) is 77.2 Å². The highest BCUT2D eigenvalue weighted by Crippen LogP contribution is 2.25. The maximum atomic E-state index is 13.0. The summed E-state index contributed by atoms with van der Waals surface area (Å²) in [6, 6.07) is 14.2. The summed E-state index contributed by atoms with van der Waals surface area (Å²) < 4.78 is 15.9. The van der Waals surface area contributed by atoms with Gasteiger partial charge in [-0.3, -0.25) is 0 Å². The van der Waals surface area contributed by atoms with E-state index in [0.717, 1.165) is 27.0 Å². The second-order valence-corrected chi connectivity index (χ2v) is 5.48. The Morgan fingerprint density at radius 2 is 1.71 bits per heavy atom. The van der Waals surface area contributed by atoms with Crippen molar-refractivity contribution < 1.29 is 4.39 Å². The maximum absolute atomic E-state index is 13.0. The average Bonchev–Trinajstić information content (AvgIpc) is 2.93. The van der Waals surface area contributed by atoms with E-state index in [0.29, 0.717) is 0 Å². The van der Waals surface area contributed by atoms with Gasteiger partial charge in [-0.05, 0) is 48.5 Å². The summed E-state index contributed by atoms with van der Waals surface area (Å²) >= 11 is 3.41. The standard InChI is InChI=1S/C17H12BrFN2/c1-2-12-11-21(16-9-5-14(18)6-10-16)20-17(12)13-3-7-15(19)8-4-13/h2-11H,1H2. The van der Waals surface area contributed by atoms with Gasteiger partial charge in [-0.1, -0.05) is 28.6 Å². The zero-order valence-corrected chi connectivity index (χ0v) is 12.7. The Morgan fingerprint density at radius 3 is 2.33 bits per heavy atom. The van der Waals surface area contributed by atoms with Crippen molar-refractivity contribution in [1.82, 2.24) is 9.78 Å². The van der Waals surface area contributed by atoms with Crippen molar-refractivity contribution in [2.45, 2.75) is 0 Å². The Labute approximate surface area is 130 Å². The van der Waals surface area contributed by atoms with Gasteiger partial charge in [0, 0.05) is 21.8 Å². The zero-order valence-electron chi connectivity index (χ0n) is 11.1. The monoisotopic (exact) mass is 342 g/mol. The van der Waals surface area contributed by atoms with E-state index >= 15 is 0 Å². The first kappa shape index (κ1) is 13.8. The predicted octanol–water partition coefficient (Wildman–Crippen LogP) is 5.08. The summed E-state index contributed by atoms with van der Waals surface area (Å²) in [6.45, 7) is 3.82. The minimum atomic E-state index is -0.258. The molecule has 0 aliphatic heterocycles. The number of benzene rings is 2. The lowest BCUT2D eigenvalue weighted by atomic mass is 10.1. The normalized spacial score (nSPS) is 10.6. The van der Waals surface area contributed by atoms with Crippen molar-refractivity contribution in [3.8, 4) is 16.9 Å². The number of aromatic nitrogens is 2. The minimum Gasteiger partial charge on any atom is -0.240 e. The number of rotatable bonds is 3. The highest BCUT2D eigenvalue weighted by Gasteiger charge is 2.10. The molecule has 0 fully saturated rings. The number of halogens is 2. The SMILES string of the molecule is C=Cc1cn(-c2ccc(Br)cc2)nc1-c1ccc(F)cc1. The van der Waals surface area contributed by atoms with Crippen molar-refractivity contribution in [2.75, 3.05) is 0 Å². The largest absolute Gasteiger partial charge is 0.240 e. The Balaban J connectivity index is 2.08. The molecule has 1 aromatic heterocycles. The fourth-order valence-electron chi connectivity index (χ4n) is 2.09. The van der Waals surface area contributed by atoms with Gasteiger partial charge in [0.2, 0.25) is 0 Å². The molecule has 21 heavy (non-hydrogen) atoms. The van der Waals surface area contributed by atoms with E-state index in [1.807, 2.05) is 30.5 Å². The van der Waals surface area contributed by atoms with Gasteiger partial charge in [0.25, 0.3) is 0 Å². The molecule has 1 heterocycles. The van der Waals surface area contributed by atoms with Gasteiger partial charge < -0.3 is 0 Å². The Morgan fingerprint density at radius 1 is 1.05 bits per heavy atom. The van der Waals surface area contributed by atoms with Crippen LogP contribution in [-0.4, -0.2) is 9.78 Å². The molecule has 2 nitrogen and oxygen atoms in total. The van der Waals surface area contributed by atoms with Gasteiger partial charge in [0.05, 0.1) is 11.4 Å². The van der Waals surface area contributed by atoms with Crippen LogP contribution in [-0.2, 0) is 0 Å². The maximum Gasteiger partial charge on any atom is 0.123 e. The predicted molar refractivity (Wildman–Crippen MR) is 86.7 cm³/mol. The molecular formula is C17H12BrFN2. The molecule has 0 saturated heterocycles. The molecule has 0 bridgehead atoms. The third-order valence-electron chi connectivity index (χ3n) is 3.17. The van der Waals surface area contributed by atoms with Crippen LogP contribution in [0.15, 0.2) is 65.8 Å². The summed E-state index contributed by atoms with van der Waals surface area (Å²) in [6.07, 6.45) is 3.66. The van der Waals surface area contributed by atoms with Crippen molar-refractivity contribution in [2.24, 2.45) is 0 Å². The summed E-state index contributed by atoms with van der Waals surface area (Å²) in [7, 11) is 0.